The van der Waals surface area contributed by atoms with Crippen molar-refractivity contribution in [3.63, 3.8) is 0 Å². The van der Waals surface area contributed by atoms with Crippen LogP contribution >= 0.6 is 11.8 Å². The van der Waals surface area contributed by atoms with Crippen molar-refractivity contribution in [2.24, 2.45) is 0 Å². The zero-order valence-corrected chi connectivity index (χ0v) is 12.7. The summed E-state index contributed by atoms with van der Waals surface area (Å²) in [5.41, 5.74) is 0.969. The van der Waals surface area contributed by atoms with Crippen molar-refractivity contribution in [3.8, 4) is 0 Å². The quantitative estimate of drug-likeness (QED) is 0.501. The Morgan fingerprint density at radius 1 is 1.52 bits per heavy atom. The molecule has 0 aliphatic rings. The smallest absolute Gasteiger partial charge is 0.341 e. The van der Waals surface area contributed by atoms with E-state index in [9.17, 15) is 9.59 Å². The fourth-order valence-electron chi connectivity index (χ4n) is 1.81. The third-order valence-corrected chi connectivity index (χ3v) is 3.64. The maximum atomic E-state index is 11.6. The van der Waals surface area contributed by atoms with Crippen molar-refractivity contribution in [3.05, 3.63) is 45.8 Å². The molecule has 0 saturated heterocycles. The number of aryl methyl sites for hydroxylation is 1. The van der Waals surface area contributed by atoms with Gasteiger partial charge in [0, 0.05) is 11.8 Å². The van der Waals surface area contributed by atoms with Gasteiger partial charge in [-0.2, -0.15) is 0 Å². The maximum absolute atomic E-state index is 11.6. The van der Waals surface area contributed by atoms with Gasteiger partial charge in [0.25, 0.3) is 5.56 Å². The Labute approximate surface area is 125 Å². The first kappa shape index (κ1) is 15.4. The van der Waals surface area contributed by atoms with Crippen LogP contribution in [0.5, 0.6) is 0 Å². The Balaban J connectivity index is 2.11. The minimum absolute atomic E-state index is 0.177. The van der Waals surface area contributed by atoms with E-state index in [1.54, 1.807) is 6.07 Å². The molecule has 7 heteroatoms. The Bertz CT molecular complexity index is 678. The molecular formula is C14H16N2O4S. The largest absolute Gasteiger partial charge is 0.468 e. The van der Waals surface area contributed by atoms with Crippen LogP contribution in [0.4, 0.5) is 0 Å². The van der Waals surface area contributed by atoms with Gasteiger partial charge in [0.1, 0.15) is 11.3 Å². The molecule has 2 heterocycles. The van der Waals surface area contributed by atoms with E-state index >= 15 is 0 Å². The molecule has 0 saturated carbocycles. The van der Waals surface area contributed by atoms with E-state index < -0.39 is 5.97 Å². The van der Waals surface area contributed by atoms with Crippen LogP contribution in [-0.4, -0.2) is 23.0 Å². The summed E-state index contributed by atoms with van der Waals surface area (Å²) in [4.78, 5) is 30.1. The second-order valence-corrected chi connectivity index (χ2v) is 5.29. The number of furan rings is 1. The van der Waals surface area contributed by atoms with Crippen molar-refractivity contribution in [2.75, 3.05) is 7.11 Å². The van der Waals surface area contributed by atoms with Crippen LogP contribution in [0, 0.1) is 0 Å². The number of methoxy groups -OCH3 is 1. The first-order valence-electron chi connectivity index (χ1n) is 6.51. The van der Waals surface area contributed by atoms with E-state index in [4.69, 9.17) is 4.42 Å². The predicted molar refractivity (Wildman–Crippen MR) is 78.5 cm³/mol. The molecule has 0 radical (unpaired) electrons. The number of nitrogens with one attached hydrogen (secondary N) is 1. The van der Waals surface area contributed by atoms with Crippen molar-refractivity contribution >= 4 is 17.7 Å². The number of hydrogen-bond acceptors (Lipinski definition) is 6. The lowest BCUT2D eigenvalue weighted by molar-refractivity contribution is 0.0598. The van der Waals surface area contributed by atoms with Crippen LogP contribution in [0.2, 0.25) is 0 Å². The number of hydrogen-bond donors (Lipinski definition) is 1. The van der Waals surface area contributed by atoms with Crippen molar-refractivity contribution in [2.45, 2.75) is 30.7 Å². The predicted octanol–water partition coefficient (Wildman–Crippen LogP) is 2.39. The highest BCUT2D eigenvalue weighted by atomic mass is 32.2. The van der Waals surface area contributed by atoms with E-state index in [1.165, 1.54) is 31.2 Å². The number of carbonyl (C=O) groups is 1. The summed E-state index contributed by atoms with van der Waals surface area (Å²) < 4.78 is 9.95. The van der Waals surface area contributed by atoms with Crippen molar-refractivity contribution < 1.29 is 13.9 Å². The molecule has 0 spiro atoms. The zero-order valence-electron chi connectivity index (χ0n) is 11.8. The average molecular weight is 308 g/mol. The minimum Gasteiger partial charge on any atom is -0.468 e. The Morgan fingerprint density at radius 2 is 2.33 bits per heavy atom. The highest BCUT2D eigenvalue weighted by molar-refractivity contribution is 7.98. The molecule has 0 unspecified atom stereocenters. The molecule has 2 aromatic heterocycles. The molecule has 0 fully saturated rings. The second-order valence-electron chi connectivity index (χ2n) is 4.33. The Hall–Kier alpha value is -2.02. The number of aromatic nitrogens is 2. The lowest BCUT2D eigenvalue weighted by Gasteiger charge is -2.03. The van der Waals surface area contributed by atoms with E-state index in [2.05, 4.69) is 14.7 Å². The van der Waals surface area contributed by atoms with Crippen LogP contribution in [0.1, 0.15) is 35.2 Å². The highest BCUT2D eigenvalue weighted by Gasteiger charge is 2.15. The first-order valence-corrected chi connectivity index (χ1v) is 7.50. The van der Waals surface area contributed by atoms with E-state index in [1.807, 2.05) is 6.92 Å². The molecular weight excluding hydrogens is 292 g/mol. The molecule has 2 rings (SSSR count). The van der Waals surface area contributed by atoms with Crippen LogP contribution in [-0.2, 0) is 16.9 Å². The summed E-state index contributed by atoms with van der Waals surface area (Å²) in [5, 5.41) is 0.512. The number of ether oxygens (including phenoxy) is 1. The summed E-state index contributed by atoms with van der Waals surface area (Å²) in [6.45, 7) is 2.03. The number of thioether (sulfide) groups is 1. The summed E-state index contributed by atoms with van der Waals surface area (Å²) >= 11 is 1.31. The summed E-state index contributed by atoms with van der Waals surface area (Å²) in [5.74, 6) is 0.437. The third-order valence-electron chi connectivity index (χ3n) is 2.77. The van der Waals surface area contributed by atoms with Gasteiger partial charge in [-0.1, -0.05) is 25.1 Å². The number of nitrogens with zero attached hydrogens (tertiary/aromatic N) is 1. The first-order chi connectivity index (χ1) is 10.1. The number of rotatable bonds is 6. The van der Waals surface area contributed by atoms with Gasteiger partial charge in [-0.3, -0.25) is 4.79 Å². The lowest BCUT2D eigenvalue weighted by atomic mass is 10.2. The van der Waals surface area contributed by atoms with Crippen LogP contribution < -0.4 is 5.56 Å². The van der Waals surface area contributed by atoms with Gasteiger partial charge in [0.15, 0.2) is 5.16 Å². The number of carbonyl (C=O) groups excluding carboxylic acids is 1. The molecule has 6 nitrogen and oxygen atoms in total. The van der Waals surface area contributed by atoms with E-state index in [0.29, 0.717) is 22.2 Å². The zero-order chi connectivity index (χ0) is 15.2. The normalized spacial score (nSPS) is 10.6. The summed E-state index contributed by atoms with van der Waals surface area (Å²) in [6, 6.07) is 3.06. The van der Waals surface area contributed by atoms with Crippen LogP contribution in [0.15, 0.2) is 32.8 Å². The molecule has 0 amide bonds. The molecule has 2 aromatic rings. The van der Waals surface area contributed by atoms with Crippen molar-refractivity contribution in [1.82, 2.24) is 9.97 Å². The SMILES string of the molecule is CCCc1cc(=O)[nH]c(SCc2occc2C(=O)OC)n1. The maximum Gasteiger partial charge on any atom is 0.341 e. The van der Waals surface area contributed by atoms with E-state index in [-0.39, 0.29) is 5.56 Å². The molecule has 0 atom stereocenters. The number of H-pyrrole nitrogens is 1. The standard InChI is InChI=1S/C14H16N2O4S/c1-3-4-9-7-12(17)16-14(15-9)21-8-11-10(5-6-20-11)13(18)19-2/h5-7H,3-4,8H2,1-2H3,(H,15,16,17). The lowest BCUT2D eigenvalue weighted by Crippen LogP contribution is -2.10. The monoisotopic (exact) mass is 308 g/mol. The molecule has 0 aliphatic heterocycles. The van der Waals surface area contributed by atoms with Gasteiger partial charge in [0.05, 0.1) is 19.1 Å². The molecule has 0 bridgehead atoms. The van der Waals surface area contributed by atoms with Crippen LogP contribution in [0.25, 0.3) is 0 Å². The topological polar surface area (TPSA) is 85.2 Å². The molecule has 21 heavy (non-hydrogen) atoms. The Kier molecular flexibility index (Phi) is 5.21. The Morgan fingerprint density at radius 3 is 3.05 bits per heavy atom. The fraction of sp³-hybridized carbons (Fsp3) is 0.357. The summed E-state index contributed by atoms with van der Waals surface area (Å²) in [7, 11) is 1.32. The molecule has 0 aromatic carbocycles. The fourth-order valence-corrected chi connectivity index (χ4v) is 2.66. The highest BCUT2D eigenvalue weighted by Crippen LogP contribution is 2.22. The van der Waals surface area contributed by atoms with E-state index in [0.717, 1.165) is 18.5 Å². The van der Waals surface area contributed by atoms with Gasteiger partial charge in [0.2, 0.25) is 0 Å². The molecule has 0 aliphatic carbocycles. The second kappa shape index (κ2) is 7.12. The minimum atomic E-state index is -0.444. The third kappa shape index (κ3) is 3.98. The van der Waals surface area contributed by atoms with Gasteiger partial charge in [-0.25, -0.2) is 9.78 Å². The number of esters is 1. The van der Waals surface area contributed by atoms with Gasteiger partial charge >= 0.3 is 5.97 Å². The van der Waals surface area contributed by atoms with Gasteiger partial charge < -0.3 is 14.1 Å². The van der Waals surface area contributed by atoms with Crippen molar-refractivity contribution in [1.29, 1.82) is 0 Å². The number of aromatic amines is 1. The molecule has 1 N–H and O–H groups in total. The van der Waals surface area contributed by atoms with Crippen LogP contribution in [0.3, 0.4) is 0 Å². The average Bonchev–Trinajstić information content (AvgIpc) is 2.92. The van der Waals surface area contributed by atoms with Gasteiger partial charge in [-0.05, 0) is 12.5 Å². The summed E-state index contributed by atoms with van der Waals surface area (Å²) in [6.07, 6.45) is 3.11. The molecule has 112 valence electrons. The van der Waals surface area contributed by atoms with Gasteiger partial charge in [-0.15, -0.1) is 0 Å².